The van der Waals surface area contributed by atoms with Crippen molar-refractivity contribution in [3.8, 4) is 5.75 Å². The monoisotopic (exact) mass is 374 g/mol. The molecule has 28 heavy (non-hydrogen) atoms. The first-order valence-corrected chi connectivity index (χ1v) is 8.73. The van der Waals surface area contributed by atoms with E-state index in [-0.39, 0.29) is 5.56 Å². The molecule has 0 spiro atoms. The number of aromatic carboxylic acids is 1. The van der Waals surface area contributed by atoms with Crippen LogP contribution in [0.2, 0.25) is 0 Å². The number of carboxylic acids is 1. The number of hydrogen-bond acceptors (Lipinski definition) is 5. The van der Waals surface area contributed by atoms with E-state index in [2.05, 4.69) is 5.16 Å². The summed E-state index contributed by atoms with van der Waals surface area (Å²) in [5.74, 6) is 0.412. The molecule has 140 valence electrons. The maximum atomic E-state index is 11.1. The molecule has 1 unspecified atom stereocenters. The minimum absolute atomic E-state index is 0.223. The van der Waals surface area contributed by atoms with Gasteiger partial charge in [0.25, 0.3) is 0 Å². The van der Waals surface area contributed by atoms with Gasteiger partial charge in [-0.25, -0.2) is 4.79 Å². The van der Waals surface area contributed by atoms with E-state index in [1.165, 1.54) is 0 Å². The highest BCUT2D eigenvalue weighted by Gasteiger charge is 2.33. The highest BCUT2D eigenvalue weighted by atomic mass is 16.7. The summed E-state index contributed by atoms with van der Waals surface area (Å²) in [5.41, 5.74) is 2.83. The van der Waals surface area contributed by atoms with Gasteiger partial charge in [-0.1, -0.05) is 35.5 Å². The van der Waals surface area contributed by atoms with Crippen LogP contribution >= 0.6 is 0 Å². The van der Waals surface area contributed by atoms with Gasteiger partial charge in [-0.3, -0.25) is 4.90 Å². The van der Waals surface area contributed by atoms with Crippen molar-refractivity contribution in [3.63, 3.8) is 0 Å². The molecular weight excluding hydrogens is 356 g/mol. The molecule has 1 heterocycles. The minimum atomic E-state index is -0.966. The van der Waals surface area contributed by atoms with Gasteiger partial charge in [0.1, 0.15) is 5.75 Å². The summed E-state index contributed by atoms with van der Waals surface area (Å²) in [6.45, 7) is 0. The van der Waals surface area contributed by atoms with E-state index in [1.807, 2.05) is 59.5 Å². The number of methoxy groups -OCH3 is 1. The second kappa shape index (κ2) is 7.44. The van der Waals surface area contributed by atoms with Gasteiger partial charge in [0.2, 0.25) is 6.23 Å². The lowest BCUT2D eigenvalue weighted by Crippen LogP contribution is -2.31. The van der Waals surface area contributed by atoms with E-state index in [1.54, 1.807) is 31.4 Å². The van der Waals surface area contributed by atoms with Gasteiger partial charge in [0, 0.05) is 16.8 Å². The van der Waals surface area contributed by atoms with E-state index in [0.29, 0.717) is 5.84 Å². The zero-order valence-corrected chi connectivity index (χ0v) is 15.1. The Hall–Kier alpha value is -3.80. The molecule has 0 saturated heterocycles. The Balaban J connectivity index is 1.72. The lowest BCUT2D eigenvalue weighted by atomic mass is 10.1. The van der Waals surface area contributed by atoms with Crippen molar-refractivity contribution in [2.24, 2.45) is 5.16 Å². The number of hydrogen-bond donors (Lipinski definition) is 1. The van der Waals surface area contributed by atoms with Crippen molar-refractivity contribution in [2.75, 3.05) is 12.0 Å². The van der Waals surface area contributed by atoms with Gasteiger partial charge in [-0.15, -0.1) is 0 Å². The van der Waals surface area contributed by atoms with Crippen LogP contribution in [0.1, 0.15) is 27.7 Å². The molecule has 0 aromatic heterocycles. The van der Waals surface area contributed by atoms with Gasteiger partial charge in [-0.05, 0) is 48.5 Å². The largest absolute Gasteiger partial charge is 0.497 e. The van der Waals surface area contributed by atoms with Crippen molar-refractivity contribution >= 4 is 17.5 Å². The molecule has 1 atom stereocenters. The molecule has 1 aliphatic heterocycles. The van der Waals surface area contributed by atoms with Crippen LogP contribution in [0.15, 0.2) is 84.0 Å². The fourth-order valence-corrected chi connectivity index (χ4v) is 3.08. The highest BCUT2D eigenvalue weighted by molar-refractivity contribution is 6.11. The van der Waals surface area contributed by atoms with Gasteiger partial charge >= 0.3 is 5.97 Å². The van der Waals surface area contributed by atoms with Crippen molar-refractivity contribution in [2.45, 2.75) is 6.23 Å². The van der Waals surface area contributed by atoms with E-state index < -0.39 is 12.2 Å². The van der Waals surface area contributed by atoms with Crippen LogP contribution in [-0.2, 0) is 4.84 Å². The van der Waals surface area contributed by atoms with Gasteiger partial charge < -0.3 is 14.7 Å². The summed E-state index contributed by atoms with van der Waals surface area (Å²) < 4.78 is 5.23. The summed E-state index contributed by atoms with van der Waals surface area (Å²) in [4.78, 5) is 18.9. The number of anilines is 1. The molecule has 0 saturated carbocycles. The maximum Gasteiger partial charge on any atom is 0.335 e. The summed E-state index contributed by atoms with van der Waals surface area (Å²) in [5, 5.41) is 13.4. The Kier molecular flexibility index (Phi) is 4.68. The molecule has 1 aliphatic rings. The first kappa shape index (κ1) is 17.6. The fraction of sp³-hybridized carbons (Fsp3) is 0.0909. The summed E-state index contributed by atoms with van der Waals surface area (Å²) in [6.07, 6.45) is -0.442. The molecular formula is C22H18N2O4. The Bertz CT molecular complexity index is 999. The second-order valence-electron chi connectivity index (χ2n) is 6.23. The lowest BCUT2D eigenvalue weighted by Gasteiger charge is -2.25. The first-order valence-electron chi connectivity index (χ1n) is 8.73. The molecule has 0 radical (unpaired) electrons. The van der Waals surface area contributed by atoms with E-state index in [0.717, 1.165) is 22.6 Å². The summed E-state index contributed by atoms with van der Waals surface area (Å²) in [6, 6.07) is 24.0. The molecule has 4 rings (SSSR count). The van der Waals surface area contributed by atoms with Gasteiger partial charge in [0.05, 0.1) is 12.7 Å². The van der Waals surface area contributed by atoms with Crippen LogP contribution in [0.3, 0.4) is 0 Å². The zero-order valence-electron chi connectivity index (χ0n) is 15.1. The molecule has 6 nitrogen and oxygen atoms in total. The average molecular weight is 374 g/mol. The molecule has 3 aromatic carbocycles. The predicted octanol–water partition coefficient (Wildman–Crippen LogP) is 4.29. The fourth-order valence-electron chi connectivity index (χ4n) is 3.08. The summed E-state index contributed by atoms with van der Waals surface area (Å²) >= 11 is 0. The lowest BCUT2D eigenvalue weighted by molar-refractivity contribution is 0.0697. The molecule has 0 aliphatic carbocycles. The first-order chi connectivity index (χ1) is 13.7. The Labute approximate surface area is 162 Å². The Morgan fingerprint density at radius 1 is 1.00 bits per heavy atom. The average Bonchev–Trinajstić information content (AvgIpc) is 3.19. The number of benzene rings is 3. The smallest absolute Gasteiger partial charge is 0.335 e. The van der Waals surface area contributed by atoms with Crippen molar-refractivity contribution in [3.05, 3.63) is 95.6 Å². The van der Waals surface area contributed by atoms with Crippen molar-refractivity contribution in [1.29, 1.82) is 0 Å². The maximum absolute atomic E-state index is 11.1. The Morgan fingerprint density at radius 2 is 1.68 bits per heavy atom. The number of ether oxygens (including phenoxy) is 1. The van der Waals surface area contributed by atoms with Crippen molar-refractivity contribution in [1.82, 2.24) is 0 Å². The third-order valence-electron chi connectivity index (χ3n) is 4.53. The third-order valence-corrected chi connectivity index (χ3v) is 4.53. The number of para-hydroxylation sites is 1. The summed E-state index contributed by atoms with van der Waals surface area (Å²) in [7, 11) is 1.62. The van der Waals surface area contributed by atoms with Crippen molar-refractivity contribution < 1.29 is 19.5 Å². The predicted molar refractivity (Wildman–Crippen MR) is 106 cm³/mol. The standard InChI is InChI=1S/C22H18N2O4/c1-27-19-13-11-16(12-14-19)21-24(18-5-3-2-4-6-18)20(23-28-21)15-7-9-17(10-8-15)22(25)26/h2-14,21H,1H3,(H,25,26). The zero-order chi connectivity index (χ0) is 19.5. The van der Waals surface area contributed by atoms with Crippen LogP contribution in [0.4, 0.5) is 5.69 Å². The normalized spacial score (nSPS) is 15.7. The number of amidine groups is 1. The van der Waals surface area contributed by atoms with E-state index >= 15 is 0 Å². The van der Waals surface area contributed by atoms with Crippen LogP contribution < -0.4 is 9.64 Å². The molecule has 0 fully saturated rings. The highest BCUT2D eigenvalue weighted by Crippen LogP contribution is 2.35. The van der Waals surface area contributed by atoms with Crippen LogP contribution in [-0.4, -0.2) is 24.0 Å². The molecule has 1 N–H and O–H groups in total. The topological polar surface area (TPSA) is 71.4 Å². The minimum Gasteiger partial charge on any atom is -0.497 e. The van der Waals surface area contributed by atoms with Gasteiger partial charge in [0.15, 0.2) is 5.84 Å². The number of carbonyl (C=O) groups is 1. The Morgan fingerprint density at radius 3 is 2.29 bits per heavy atom. The van der Waals surface area contributed by atoms with E-state index in [9.17, 15) is 4.79 Å². The van der Waals surface area contributed by atoms with Crippen LogP contribution in [0.5, 0.6) is 5.75 Å². The second-order valence-corrected chi connectivity index (χ2v) is 6.23. The molecule has 3 aromatic rings. The van der Waals surface area contributed by atoms with Crippen LogP contribution in [0.25, 0.3) is 0 Å². The molecule has 0 amide bonds. The number of rotatable bonds is 5. The molecule has 6 heteroatoms. The third kappa shape index (κ3) is 3.27. The number of carboxylic acid groups (broad SMARTS) is 1. The van der Waals surface area contributed by atoms with Gasteiger partial charge in [-0.2, -0.15) is 0 Å². The molecule has 0 bridgehead atoms. The SMILES string of the molecule is COc1ccc(C2ON=C(c3ccc(C(=O)O)cc3)N2c2ccccc2)cc1. The number of nitrogens with zero attached hydrogens (tertiary/aromatic N) is 2. The quantitative estimate of drug-likeness (QED) is 0.721. The van der Waals surface area contributed by atoms with Crippen LogP contribution in [0, 0.1) is 0 Å². The number of oxime groups is 1. The van der Waals surface area contributed by atoms with E-state index in [4.69, 9.17) is 14.7 Å².